The van der Waals surface area contributed by atoms with Crippen LogP contribution in [0.4, 0.5) is 0 Å². The van der Waals surface area contributed by atoms with Gasteiger partial charge in [-0.3, -0.25) is 4.79 Å². The summed E-state index contributed by atoms with van der Waals surface area (Å²) < 4.78 is 11.1. The second kappa shape index (κ2) is 31.9. The van der Waals surface area contributed by atoms with Crippen LogP contribution in [-0.2, 0) is 14.3 Å². The normalized spacial score (nSPS) is 23.0. The lowest BCUT2D eigenvalue weighted by molar-refractivity contribution is -0.302. The number of allylic oxidation sites excluding steroid dienone is 5. The fourth-order valence-electron chi connectivity index (χ4n) is 6.13. The van der Waals surface area contributed by atoms with Crippen molar-refractivity contribution in [2.45, 2.75) is 204 Å². The highest BCUT2D eigenvalue weighted by molar-refractivity contribution is 5.80. The number of hydrogen-bond acceptors (Lipinski definition) is 9. The van der Waals surface area contributed by atoms with E-state index in [9.17, 15) is 35.4 Å². The molecule has 1 aliphatic heterocycles. The van der Waals surface area contributed by atoms with Crippen molar-refractivity contribution in [2.24, 2.45) is 0 Å². The second-order valence-electron chi connectivity index (χ2n) is 14.2. The van der Waals surface area contributed by atoms with E-state index in [4.69, 9.17) is 9.47 Å². The molecule has 10 nitrogen and oxygen atoms in total. The van der Waals surface area contributed by atoms with Gasteiger partial charge in [0.1, 0.15) is 30.5 Å². The van der Waals surface area contributed by atoms with Crippen LogP contribution in [0.25, 0.3) is 0 Å². The van der Waals surface area contributed by atoms with Crippen molar-refractivity contribution < 1.29 is 44.9 Å². The zero-order valence-electron chi connectivity index (χ0n) is 32.0. The molecule has 0 bridgehead atoms. The molecule has 0 aromatic heterocycles. The van der Waals surface area contributed by atoms with E-state index >= 15 is 0 Å². The molecule has 10 heteroatoms. The van der Waals surface area contributed by atoms with Crippen LogP contribution in [0.2, 0.25) is 0 Å². The average Bonchev–Trinajstić information content (AvgIpc) is 3.13. The highest BCUT2D eigenvalue weighted by Crippen LogP contribution is 2.22. The van der Waals surface area contributed by atoms with Crippen LogP contribution in [0.15, 0.2) is 36.5 Å². The van der Waals surface area contributed by atoms with Crippen LogP contribution < -0.4 is 5.32 Å². The summed E-state index contributed by atoms with van der Waals surface area (Å²) in [5, 5.41) is 64.3. The quantitative estimate of drug-likeness (QED) is 0.0311. The van der Waals surface area contributed by atoms with Crippen molar-refractivity contribution in [2.75, 3.05) is 13.2 Å². The molecular weight excluding hydrogens is 650 g/mol. The van der Waals surface area contributed by atoms with E-state index in [0.717, 1.165) is 44.9 Å². The first-order valence-corrected chi connectivity index (χ1v) is 20.3. The first-order chi connectivity index (χ1) is 24.8. The predicted octanol–water partition coefficient (Wildman–Crippen LogP) is 6.30. The monoisotopic (exact) mass is 726 g/mol. The highest BCUT2D eigenvalue weighted by Gasteiger charge is 2.44. The number of unbranched alkanes of at least 4 members (excludes halogenated alkanes) is 17. The molecule has 0 aliphatic carbocycles. The number of rotatable bonds is 32. The van der Waals surface area contributed by atoms with Crippen molar-refractivity contribution >= 4 is 5.91 Å². The molecule has 0 radical (unpaired) electrons. The predicted molar refractivity (Wildman–Crippen MR) is 204 cm³/mol. The SMILES string of the molecule is CCCCCCCC/C=C/CC/C=C/CC/C=C/C(O)C(COC1OC(CO)C(O)C(O)C1O)NC(=O)C(O)CCCCCCCCCCCC. The summed E-state index contributed by atoms with van der Waals surface area (Å²) in [5.41, 5.74) is 0. The van der Waals surface area contributed by atoms with Crippen molar-refractivity contribution in [3.05, 3.63) is 36.5 Å². The molecule has 1 aliphatic rings. The summed E-state index contributed by atoms with van der Waals surface area (Å²) in [4.78, 5) is 12.9. The Morgan fingerprint density at radius 3 is 1.71 bits per heavy atom. The van der Waals surface area contributed by atoms with Crippen LogP contribution in [-0.4, -0.2) is 98.7 Å². The Bertz CT molecular complexity index is 912. The van der Waals surface area contributed by atoms with E-state index in [1.54, 1.807) is 6.08 Å². The maximum atomic E-state index is 12.9. The van der Waals surface area contributed by atoms with Crippen LogP contribution in [0.1, 0.15) is 155 Å². The van der Waals surface area contributed by atoms with Crippen molar-refractivity contribution in [1.29, 1.82) is 0 Å². The Hall–Kier alpha value is -1.63. The van der Waals surface area contributed by atoms with Crippen LogP contribution in [0, 0.1) is 0 Å². The first kappa shape index (κ1) is 47.4. The molecule has 0 aromatic carbocycles. The maximum absolute atomic E-state index is 12.9. The van der Waals surface area contributed by atoms with Crippen LogP contribution in [0.3, 0.4) is 0 Å². The average molecular weight is 726 g/mol. The van der Waals surface area contributed by atoms with E-state index in [1.165, 1.54) is 77.0 Å². The second-order valence-corrected chi connectivity index (χ2v) is 14.2. The van der Waals surface area contributed by atoms with Gasteiger partial charge >= 0.3 is 0 Å². The van der Waals surface area contributed by atoms with Gasteiger partial charge in [-0.15, -0.1) is 0 Å². The van der Waals surface area contributed by atoms with Crippen molar-refractivity contribution in [3.63, 3.8) is 0 Å². The van der Waals surface area contributed by atoms with E-state index in [2.05, 4.69) is 43.5 Å². The van der Waals surface area contributed by atoms with Gasteiger partial charge in [-0.1, -0.05) is 147 Å². The molecule has 0 aromatic rings. The van der Waals surface area contributed by atoms with Crippen LogP contribution >= 0.6 is 0 Å². The van der Waals surface area contributed by atoms with E-state index in [-0.39, 0.29) is 6.61 Å². The Morgan fingerprint density at radius 1 is 0.667 bits per heavy atom. The molecule has 1 amide bonds. The molecule has 7 N–H and O–H groups in total. The standard InChI is InChI=1S/C41H75NO9/c1-3-5-7-9-11-13-15-16-17-18-19-20-22-23-25-27-29-34(44)33(32-50-41-39(48)38(47)37(46)36(31-43)51-41)42-40(49)35(45)30-28-26-24-21-14-12-10-8-6-4-2/h16-17,20,22,27,29,33-39,41,43-48H,3-15,18-19,21,23-26,28,30-32H2,1-2H3,(H,42,49)/b17-16+,22-20+,29-27+. The Morgan fingerprint density at radius 2 is 1.16 bits per heavy atom. The highest BCUT2D eigenvalue weighted by atomic mass is 16.7. The van der Waals surface area contributed by atoms with E-state index in [1.807, 2.05) is 6.08 Å². The minimum absolute atomic E-state index is 0.301. The van der Waals surface area contributed by atoms with E-state index < -0.39 is 61.5 Å². The van der Waals surface area contributed by atoms with Gasteiger partial charge in [0.05, 0.1) is 25.4 Å². The summed E-state index contributed by atoms with van der Waals surface area (Å²) in [7, 11) is 0. The first-order valence-electron chi connectivity index (χ1n) is 20.3. The molecule has 298 valence electrons. The smallest absolute Gasteiger partial charge is 0.249 e. The number of nitrogens with one attached hydrogen (secondary N) is 1. The summed E-state index contributed by atoms with van der Waals surface area (Å²) in [5.74, 6) is -0.635. The molecule has 1 saturated heterocycles. The minimum Gasteiger partial charge on any atom is -0.394 e. The zero-order chi connectivity index (χ0) is 37.5. The fraction of sp³-hybridized carbons (Fsp3) is 0.829. The molecule has 0 spiro atoms. The number of hydrogen-bond donors (Lipinski definition) is 7. The Balaban J connectivity index is 2.55. The maximum Gasteiger partial charge on any atom is 0.249 e. The van der Waals surface area contributed by atoms with Gasteiger partial charge in [0, 0.05) is 0 Å². The lowest BCUT2D eigenvalue weighted by Gasteiger charge is -2.40. The largest absolute Gasteiger partial charge is 0.394 e. The molecule has 0 saturated carbocycles. The lowest BCUT2D eigenvalue weighted by Crippen LogP contribution is -2.60. The topological polar surface area (TPSA) is 169 Å². The van der Waals surface area contributed by atoms with Gasteiger partial charge in [0.2, 0.25) is 5.91 Å². The lowest BCUT2D eigenvalue weighted by atomic mass is 9.99. The summed E-state index contributed by atoms with van der Waals surface area (Å²) in [6.07, 6.45) is 26.7. The molecule has 8 unspecified atom stereocenters. The number of carbonyl (C=O) groups is 1. The van der Waals surface area contributed by atoms with Crippen molar-refractivity contribution in [1.82, 2.24) is 5.32 Å². The van der Waals surface area contributed by atoms with Gasteiger partial charge in [0.15, 0.2) is 6.29 Å². The van der Waals surface area contributed by atoms with Gasteiger partial charge < -0.3 is 45.4 Å². The summed E-state index contributed by atoms with van der Waals surface area (Å²) >= 11 is 0. The minimum atomic E-state index is -1.61. The number of ether oxygens (including phenoxy) is 2. The Labute approximate surface area is 309 Å². The van der Waals surface area contributed by atoms with Gasteiger partial charge in [-0.25, -0.2) is 0 Å². The molecule has 1 heterocycles. The summed E-state index contributed by atoms with van der Waals surface area (Å²) in [6, 6.07) is -0.998. The molecule has 8 atom stereocenters. The fourth-order valence-corrected chi connectivity index (χ4v) is 6.13. The Kier molecular flexibility index (Phi) is 29.6. The molecule has 1 rings (SSSR count). The molecule has 1 fully saturated rings. The van der Waals surface area contributed by atoms with Crippen LogP contribution in [0.5, 0.6) is 0 Å². The van der Waals surface area contributed by atoms with Gasteiger partial charge in [-0.05, 0) is 44.9 Å². The summed E-state index contributed by atoms with van der Waals surface area (Å²) in [6.45, 7) is 3.52. The third-order valence-corrected chi connectivity index (χ3v) is 9.55. The van der Waals surface area contributed by atoms with Crippen molar-refractivity contribution in [3.8, 4) is 0 Å². The third kappa shape index (κ3) is 22.9. The van der Waals surface area contributed by atoms with Gasteiger partial charge in [-0.2, -0.15) is 0 Å². The zero-order valence-corrected chi connectivity index (χ0v) is 32.0. The number of aliphatic hydroxyl groups excluding tert-OH is 6. The molecule has 51 heavy (non-hydrogen) atoms. The van der Waals surface area contributed by atoms with E-state index in [0.29, 0.717) is 19.3 Å². The molecular formula is C41H75NO9. The van der Waals surface area contributed by atoms with Gasteiger partial charge in [0.25, 0.3) is 0 Å². The third-order valence-electron chi connectivity index (χ3n) is 9.55. The number of amides is 1. The number of aliphatic hydroxyl groups is 6. The number of carbonyl (C=O) groups excluding carboxylic acids is 1.